The maximum absolute atomic E-state index is 11.7. The molecule has 3 nitrogen and oxygen atoms in total. The van der Waals surface area contributed by atoms with Crippen LogP contribution in [0.2, 0.25) is 0 Å². The first kappa shape index (κ1) is 13.1. The quantitative estimate of drug-likeness (QED) is 0.816. The van der Waals surface area contributed by atoms with Crippen LogP contribution >= 0.6 is 0 Å². The van der Waals surface area contributed by atoms with Gasteiger partial charge in [-0.15, -0.1) is 0 Å². The first-order valence-electron chi connectivity index (χ1n) is 6.73. The second-order valence-corrected chi connectivity index (χ2v) is 4.71. The fourth-order valence-electron chi connectivity index (χ4n) is 2.32. The van der Waals surface area contributed by atoms with Crippen LogP contribution < -0.4 is 0 Å². The molecule has 0 unspecified atom stereocenters. The van der Waals surface area contributed by atoms with Gasteiger partial charge in [0.25, 0.3) is 0 Å². The molecule has 1 amide bonds. The number of benzene rings is 1. The molecule has 1 aliphatic heterocycles. The molecule has 0 aliphatic carbocycles. The van der Waals surface area contributed by atoms with Gasteiger partial charge in [-0.05, 0) is 18.4 Å². The van der Waals surface area contributed by atoms with Crippen molar-refractivity contribution in [3.05, 3.63) is 35.9 Å². The maximum atomic E-state index is 11.7. The molecule has 1 atom stereocenters. The van der Waals surface area contributed by atoms with Crippen LogP contribution in [-0.2, 0) is 16.0 Å². The van der Waals surface area contributed by atoms with E-state index in [9.17, 15) is 4.79 Å². The van der Waals surface area contributed by atoms with Crippen molar-refractivity contribution >= 4 is 5.91 Å². The molecule has 1 aromatic rings. The Kier molecular flexibility index (Phi) is 4.76. The molecule has 2 rings (SSSR count). The zero-order chi connectivity index (χ0) is 12.8. The van der Waals surface area contributed by atoms with E-state index in [0.29, 0.717) is 13.0 Å². The monoisotopic (exact) mass is 247 g/mol. The van der Waals surface area contributed by atoms with Gasteiger partial charge >= 0.3 is 0 Å². The number of carbonyl (C=O) groups is 1. The van der Waals surface area contributed by atoms with Crippen LogP contribution in [0.3, 0.4) is 0 Å². The van der Waals surface area contributed by atoms with Gasteiger partial charge < -0.3 is 9.64 Å². The highest BCUT2D eigenvalue weighted by molar-refractivity contribution is 5.75. The highest BCUT2D eigenvalue weighted by Gasteiger charge is 2.22. The van der Waals surface area contributed by atoms with Crippen LogP contribution in [-0.4, -0.2) is 36.6 Å². The summed E-state index contributed by atoms with van der Waals surface area (Å²) in [5, 5.41) is 0. The second kappa shape index (κ2) is 6.55. The van der Waals surface area contributed by atoms with Crippen molar-refractivity contribution in [1.82, 2.24) is 4.90 Å². The third kappa shape index (κ3) is 3.57. The van der Waals surface area contributed by atoms with E-state index in [4.69, 9.17) is 4.74 Å². The number of carbonyl (C=O) groups excluding carboxylic acids is 1. The summed E-state index contributed by atoms with van der Waals surface area (Å²) in [6.45, 7) is 4.08. The topological polar surface area (TPSA) is 29.5 Å². The van der Waals surface area contributed by atoms with Gasteiger partial charge in [0.2, 0.25) is 5.91 Å². The lowest BCUT2D eigenvalue weighted by Crippen LogP contribution is -2.45. The van der Waals surface area contributed by atoms with Crippen molar-refractivity contribution < 1.29 is 9.53 Å². The smallest absolute Gasteiger partial charge is 0.222 e. The van der Waals surface area contributed by atoms with Crippen LogP contribution in [0.15, 0.2) is 30.3 Å². The van der Waals surface area contributed by atoms with Crippen LogP contribution in [0, 0.1) is 0 Å². The van der Waals surface area contributed by atoms with Crippen molar-refractivity contribution in [2.45, 2.75) is 32.3 Å². The number of aryl methyl sites for hydroxylation is 1. The predicted octanol–water partition coefficient (Wildman–Crippen LogP) is 2.26. The van der Waals surface area contributed by atoms with Gasteiger partial charge in [-0.2, -0.15) is 0 Å². The Labute approximate surface area is 109 Å². The normalized spacial score (nSPS) is 19.8. The van der Waals surface area contributed by atoms with Crippen LogP contribution in [0.4, 0.5) is 0 Å². The first-order chi connectivity index (χ1) is 8.79. The van der Waals surface area contributed by atoms with Gasteiger partial charge in [0.1, 0.15) is 0 Å². The van der Waals surface area contributed by atoms with Crippen LogP contribution in [0.25, 0.3) is 0 Å². The Balaban J connectivity index is 1.81. The highest BCUT2D eigenvalue weighted by Crippen LogP contribution is 2.13. The molecule has 1 aliphatic rings. The van der Waals surface area contributed by atoms with Crippen LogP contribution in [0.5, 0.6) is 0 Å². The van der Waals surface area contributed by atoms with E-state index in [1.165, 1.54) is 5.56 Å². The number of amides is 1. The number of hydrogen-bond acceptors (Lipinski definition) is 2. The molecule has 18 heavy (non-hydrogen) atoms. The molecule has 0 bridgehead atoms. The molecule has 0 saturated carbocycles. The summed E-state index contributed by atoms with van der Waals surface area (Å²) in [6.07, 6.45) is 2.78. The Bertz CT molecular complexity index is 377. The molecule has 1 fully saturated rings. The number of ether oxygens (including phenoxy) is 1. The fraction of sp³-hybridized carbons (Fsp3) is 0.533. The van der Waals surface area contributed by atoms with E-state index < -0.39 is 0 Å². The average molecular weight is 247 g/mol. The molecule has 0 spiro atoms. The van der Waals surface area contributed by atoms with Gasteiger partial charge in [0.05, 0.1) is 12.7 Å². The zero-order valence-corrected chi connectivity index (χ0v) is 11.0. The molecular weight excluding hydrogens is 226 g/mol. The van der Waals surface area contributed by atoms with E-state index in [-0.39, 0.29) is 12.0 Å². The van der Waals surface area contributed by atoms with E-state index in [1.807, 2.05) is 17.9 Å². The standard InChI is InChI=1S/C15H21NO2/c1-2-15(17)16-10-11-18-14(12-16)9-8-13-6-4-3-5-7-13/h3-7,14H,2,8-12H2,1H3/t14-/m0/s1. The summed E-state index contributed by atoms with van der Waals surface area (Å²) in [7, 11) is 0. The van der Waals surface area contributed by atoms with Gasteiger partial charge in [-0.1, -0.05) is 37.3 Å². The molecule has 1 saturated heterocycles. The lowest BCUT2D eigenvalue weighted by Gasteiger charge is -2.33. The Hall–Kier alpha value is -1.35. The molecule has 0 radical (unpaired) electrons. The molecule has 98 valence electrons. The van der Waals surface area contributed by atoms with Crippen molar-refractivity contribution in [2.24, 2.45) is 0 Å². The minimum Gasteiger partial charge on any atom is -0.375 e. The SMILES string of the molecule is CCC(=O)N1CCO[C@@H](CCc2ccccc2)C1. The molecule has 0 N–H and O–H groups in total. The average Bonchev–Trinajstić information content (AvgIpc) is 2.45. The van der Waals surface area contributed by atoms with Crippen LogP contribution in [0.1, 0.15) is 25.3 Å². The summed E-state index contributed by atoms with van der Waals surface area (Å²) in [6, 6.07) is 10.4. The molecule has 1 heterocycles. The summed E-state index contributed by atoms with van der Waals surface area (Å²) in [4.78, 5) is 13.6. The maximum Gasteiger partial charge on any atom is 0.222 e. The Morgan fingerprint density at radius 3 is 2.89 bits per heavy atom. The van der Waals surface area contributed by atoms with E-state index in [1.54, 1.807) is 0 Å². The molecule has 1 aromatic carbocycles. The van der Waals surface area contributed by atoms with E-state index in [2.05, 4.69) is 24.3 Å². The van der Waals surface area contributed by atoms with Crippen molar-refractivity contribution in [1.29, 1.82) is 0 Å². The molecule has 0 aromatic heterocycles. The third-order valence-corrected chi connectivity index (χ3v) is 3.39. The number of hydrogen-bond donors (Lipinski definition) is 0. The predicted molar refractivity (Wildman–Crippen MR) is 71.4 cm³/mol. The van der Waals surface area contributed by atoms with Crippen molar-refractivity contribution in [2.75, 3.05) is 19.7 Å². The van der Waals surface area contributed by atoms with Gasteiger partial charge in [-0.25, -0.2) is 0 Å². The van der Waals surface area contributed by atoms with Crippen molar-refractivity contribution in [3.63, 3.8) is 0 Å². The first-order valence-corrected chi connectivity index (χ1v) is 6.73. The van der Waals surface area contributed by atoms with Gasteiger partial charge in [0, 0.05) is 19.5 Å². The second-order valence-electron chi connectivity index (χ2n) is 4.71. The minimum atomic E-state index is 0.189. The van der Waals surface area contributed by atoms with E-state index >= 15 is 0 Å². The highest BCUT2D eigenvalue weighted by atomic mass is 16.5. The van der Waals surface area contributed by atoms with E-state index in [0.717, 1.165) is 25.9 Å². The molecular formula is C15H21NO2. The third-order valence-electron chi connectivity index (χ3n) is 3.39. The zero-order valence-electron chi connectivity index (χ0n) is 11.0. The summed E-state index contributed by atoms with van der Waals surface area (Å²) < 4.78 is 5.73. The van der Waals surface area contributed by atoms with Gasteiger partial charge in [0.15, 0.2) is 0 Å². The summed E-state index contributed by atoms with van der Waals surface area (Å²) in [5.74, 6) is 0.239. The lowest BCUT2D eigenvalue weighted by atomic mass is 10.1. The van der Waals surface area contributed by atoms with Gasteiger partial charge in [-0.3, -0.25) is 4.79 Å². The number of nitrogens with zero attached hydrogens (tertiary/aromatic N) is 1. The Morgan fingerprint density at radius 2 is 2.17 bits per heavy atom. The fourth-order valence-corrected chi connectivity index (χ4v) is 2.32. The number of morpholine rings is 1. The largest absolute Gasteiger partial charge is 0.375 e. The van der Waals surface area contributed by atoms with Crippen molar-refractivity contribution in [3.8, 4) is 0 Å². The number of rotatable bonds is 4. The summed E-state index contributed by atoms with van der Waals surface area (Å²) >= 11 is 0. The lowest BCUT2D eigenvalue weighted by molar-refractivity contribution is -0.138. The molecule has 3 heteroatoms. The minimum absolute atomic E-state index is 0.189. The Morgan fingerprint density at radius 1 is 1.39 bits per heavy atom. The summed E-state index contributed by atoms with van der Waals surface area (Å²) in [5.41, 5.74) is 1.33.